The summed E-state index contributed by atoms with van der Waals surface area (Å²) in [5.74, 6) is 0.694. The minimum Gasteiger partial charge on any atom is -0.491 e. The molecular formula is C15H22F3NO2. The first-order valence-electron chi connectivity index (χ1n) is 7.02. The number of aliphatic hydroxyl groups is 1. The highest BCUT2D eigenvalue weighted by molar-refractivity contribution is 5.27. The summed E-state index contributed by atoms with van der Waals surface area (Å²) in [6.07, 6.45) is -4.99. The van der Waals surface area contributed by atoms with Crippen LogP contribution in [0.5, 0.6) is 5.75 Å². The Morgan fingerprint density at radius 3 is 2.71 bits per heavy atom. The third kappa shape index (κ3) is 9.31. The largest absolute Gasteiger partial charge is 0.491 e. The van der Waals surface area contributed by atoms with Crippen molar-refractivity contribution < 1.29 is 23.0 Å². The Labute approximate surface area is 123 Å². The third-order valence-electron chi connectivity index (χ3n) is 2.88. The number of unbranched alkanes of at least 4 members (excludes halogenated alkanes) is 1. The number of aliphatic hydroxyl groups excluding tert-OH is 1. The van der Waals surface area contributed by atoms with E-state index < -0.39 is 18.7 Å². The zero-order valence-electron chi connectivity index (χ0n) is 12.1. The molecule has 0 aliphatic rings. The summed E-state index contributed by atoms with van der Waals surface area (Å²) in [4.78, 5) is 0. The van der Waals surface area contributed by atoms with Crippen molar-refractivity contribution in [2.45, 2.75) is 38.5 Å². The Hall–Kier alpha value is -1.27. The highest BCUT2D eigenvalue weighted by Crippen LogP contribution is 2.21. The molecule has 0 aliphatic heterocycles. The summed E-state index contributed by atoms with van der Waals surface area (Å²) in [7, 11) is 0. The van der Waals surface area contributed by atoms with E-state index in [4.69, 9.17) is 4.74 Å². The van der Waals surface area contributed by atoms with Gasteiger partial charge in [0.15, 0.2) is 0 Å². The molecule has 0 radical (unpaired) electrons. The lowest BCUT2D eigenvalue weighted by Crippen LogP contribution is -2.32. The molecule has 0 fully saturated rings. The molecule has 1 aromatic rings. The minimum atomic E-state index is -4.08. The zero-order valence-corrected chi connectivity index (χ0v) is 12.1. The molecule has 21 heavy (non-hydrogen) atoms. The molecule has 0 saturated carbocycles. The Balaban J connectivity index is 2.05. The van der Waals surface area contributed by atoms with E-state index in [0.717, 1.165) is 5.56 Å². The molecule has 2 N–H and O–H groups in total. The first kappa shape index (κ1) is 17.8. The van der Waals surface area contributed by atoms with E-state index in [0.29, 0.717) is 25.3 Å². The monoisotopic (exact) mass is 305 g/mol. The van der Waals surface area contributed by atoms with Crippen LogP contribution in [0.4, 0.5) is 13.2 Å². The number of aryl methyl sites for hydroxylation is 1. The van der Waals surface area contributed by atoms with Crippen molar-refractivity contribution in [1.29, 1.82) is 0 Å². The van der Waals surface area contributed by atoms with Crippen LogP contribution in [0.25, 0.3) is 0 Å². The van der Waals surface area contributed by atoms with Crippen molar-refractivity contribution >= 4 is 0 Å². The summed E-state index contributed by atoms with van der Waals surface area (Å²) in [5, 5.41) is 12.6. The minimum absolute atomic E-state index is 0.104. The normalized spacial score (nSPS) is 13.2. The van der Waals surface area contributed by atoms with E-state index in [1.165, 1.54) is 0 Å². The predicted molar refractivity (Wildman–Crippen MR) is 75.5 cm³/mol. The average molecular weight is 305 g/mol. The Bertz CT molecular complexity index is 410. The number of alkyl halides is 3. The van der Waals surface area contributed by atoms with Gasteiger partial charge in [-0.2, -0.15) is 13.2 Å². The van der Waals surface area contributed by atoms with Crippen LogP contribution in [0.3, 0.4) is 0 Å². The number of halogens is 3. The SMILES string of the molecule is Cc1cccc(OCC(O)CNCCCCC(F)(F)F)c1. The van der Waals surface area contributed by atoms with E-state index in [1.54, 1.807) is 0 Å². The van der Waals surface area contributed by atoms with Crippen LogP contribution >= 0.6 is 0 Å². The second-order valence-corrected chi connectivity index (χ2v) is 5.06. The van der Waals surface area contributed by atoms with Gasteiger partial charge in [0.25, 0.3) is 0 Å². The van der Waals surface area contributed by atoms with Crippen LogP contribution in [0.1, 0.15) is 24.8 Å². The maximum Gasteiger partial charge on any atom is 0.389 e. The molecule has 0 heterocycles. The summed E-state index contributed by atoms with van der Waals surface area (Å²) >= 11 is 0. The van der Waals surface area contributed by atoms with Gasteiger partial charge in [-0.25, -0.2) is 0 Å². The molecule has 0 aromatic heterocycles. The lowest BCUT2D eigenvalue weighted by Gasteiger charge is -2.13. The number of hydrogen-bond donors (Lipinski definition) is 2. The van der Waals surface area contributed by atoms with Gasteiger partial charge in [0.2, 0.25) is 0 Å². The fourth-order valence-electron chi connectivity index (χ4n) is 1.80. The number of nitrogens with one attached hydrogen (secondary N) is 1. The van der Waals surface area contributed by atoms with Crippen LogP contribution in [-0.2, 0) is 0 Å². The van der Waals surface area contributed by atoms with Gasteiger partial charge in [-0.05, 0) is 44.0 Å². The first-order valence-corrected chi connectivity index (χ1v) is 7.02. The Kier molecular flexibility index (Phi) is 7.53. The topological polar surface area (TPSA) is 41.5 Å². The second kappa shape index (κ2) is 8.89. The predicted octanol–water partition coefficient (Wildman–Crippen LogP) is 3.06. The van der Waals surface area contributed by atoms with E-state index in [1.807, 2.05) is 31.2 Å². The number of rotatable bonds is 9. The van der Waals surface area contributed by atoms with Crippen molar-refractivity contribution in [3.8, 4) is 5.75 Å². The summed E-state index contributed by atoms with van der Waals surface area (Å²) in [5.41, 5.74) is 1.07. The third-order valence-corrected chi connectivity index (χ3v) is 2.88. The lowest BCUT2D eigenvalue weighted by molar-refractivity contribution is -0.135. The smallest absolute Gasteiger partial charge is 0.389 e. The number of ether oxygens (including phenoxy) is 1. The fraction of sp³-hybridized carbons (Fsp3) is 0.600. The Morgan fingerprint density at radius 1 is 1.29 bits per heavy atom. The van der Waals surface area contributed by atoms with Crippen molar-refractivity contribution in [1.82, 2.24) is 5.32 Å². The summed E-state index contributed by atoms with van der Waals surface area (Å²) < 4.78 is 41.2. The summed E-state index contributed by atoms with van der Waals surface area (Å²) in [6.45, 7) is 2.86. The van der Waals surface area contributed by atoms with Crippen LogP contribution in [0.2, 0.25) is 0 Å². The lowest BCUT2D eigenvalue weighted by atomic mass is 10.2. The van der Waals surface area contributed by atoms with Crippen molar-refractivity contribution in [3.63, 3.8) is 0 Å². The molecule has 1 atom stereocenters. The number of benzene rings is 1. The van der Waals surface area contributed by atoms with E-state index in [9.17, 15) is 18.3 Å². The second-order valence-electron chi connectivity index (χ2n) is 5.06. The highest BCUT2D eigenvalue weighted by Gasteiger charge is 2.25. The van der Waals surface area contributed by atoms with Crippen LogP contribution < -0.4 is 10.1 Å². The molecule has 120 valence electrons. The van der Waals surface area contributed by atoms with Gasteiger partial charge in [-0.3, -0.25) is 0 Å². The molecule has 6 heteroatoms. The van der Waals surface area contributed by atoms with Gasteiger partial charge in [-0.15, -0.1) is 0 Å². The van der Waals surface area contributed by atoms with Crippen LogP contribution in [0.15, 0.2) is 24.3 Å². The van der Waals surface area contributed by atoms with Crippen LogP contribution in [0, 0.1) is 6.92 Å². The molecule has 1 unspecified atom stereocenters. The molecule has 0 spiro atoms. The molecule has 0 amide bonds. The number of hydrogen-bond acceptors (Lipinski definition) is 3. The molecule has 0 aliphatic carbocycles. The van der Waals surface area contributed by atoms with Gasteiger partial charge >= 0.3 is 6.18 Å². The van der Waals surface area contributed by atoms with Gasteiger partial charge in [0, 0.05) is 13.0 Å². The van der Waals surface area contributed by atoms with Gasteiger partial charge < -0.3 is 15.2 Å². The Morgan fingerprint density at radius 2 is 2.05 bits per heavy atom. The van der Waals surface area contributed by atoms with Crippen molar-refractivity contribution in [2.75, 3.05) is 19.7 Å². The van der Waals surface area contributed by atoms with E-state index in [2.05, 4.69) is 5.32 Å². The highest BCUT2D eigenvalue weighted by atomic mass is 19.4. The van der Waals surface area contributed by atoms with Crippen molar-refractivity contribution in [3.05, 3.63) is 29.8 Å². The van der Waals surface area contributed by atoms with Crippen LogP contribution in [-0.4, -0.2) is 37.1 Å². The van der Waals surface area contributed by atoms with Gasteiger partial charge in [0.1, 0.15) is 18.5 Å². The maximum absolute atomic E-state index is 11.9. The van der Waals surface area contributed by atoms with E-state index >= 15 is 0 Å². The van der Waals surface area contributed by atoms with Crippen molar-refractivity contribution in [2.24, 2.45) is 0 Å². The molecular weight excluding hydrogens is 283 g/mol. The molecule has 1 rings (SSSR count). The quantitative estimate of drug-likeness (QED) is 0.689. The average Bonchev–Trinajstić information content (AvgIpc) is 2.39. The maximum atomic E-state index is 11.9. The fourth-order valence-corrected chi connectivity index (χ4v) is 1.80. The molecule has 0 saturated heterocycles. The molecule has 0 bridgehead atoms. The van der Waals surface area contributed by atoms with Gasteiger partial charge in [0.05, 0.1) is 0 Å². The zero-order chi connectivity index (χ0) is 15.7. The molecule has 1 aromatic carbocycles. The summed E-state index contributed by atoms with van der Waals surface area (Å²) in [6, 6.07) is 7.50. The standard InChI is InChI=1S/C15H22F3NO2/c1-12-5-4-6-14(9-12)21-11-13(20)10-19-8-3-2-7-15(16,17)18/h4-6,9,13,19-20H,2-3,7-8,10-11H2,1H3. The first-order chi connectivity index (χ1) is 9.87. The van der Waals surface area contributed by atoms with Gasteiger partial charge in [-0.1, -0.05) is 12.1 Å². The molecule has 3 nitrogen and oxygen atoms in total. The van der Waals surface area contributed by atoms with E-state index in [-0.39, 0.29) is 13.0 Å².